The van der Waals surface area contributed by atoms with Crippen molar-refractivity contribution in [3.63, 3.8) is 0 Å². The third-order valence-corrected chi connectivity index (χ3v) is 3.90. The van der Waals surface area contributed by atoms with Gasteiger partial charge in [-0.15, -0.1) is 11.6 Å². The highest BCUT2D eigenvalue weighted by molar-refractivity contribution is 6.20. The number of hydrogen-bond donors (Lipinski definition) is 0. The number of nitrogens with zero attached hydrogens (tertiary/aromatic N) is 1. The maximum Gasteiger partial charge on any atom is 0.0346 e. The Balaban J connectivity index is 2.09. The van der Waals surface area contributed by atoms with Gasteiger partial charge in [0.1, 0.15) is 0 Å². The van der Waals surface area contributed by atoms with Crippen LogP contribution in [0.3, 0.4) is 0 Å². The molecule has 1 aromatic carbocycles. The van der Waals surface area contributed by atoms with E-state index in [9.17, 15) is 0 Å². The average molecular weight is 232 g/mol. The summed E-state index contributed by atoms with van der Waals surface area (Å²) in [5, 5.41) is 2.93. The molecule has 1 saturated carbocycles. The molecular formula is C14H14ClN. The molecule has 1 heterocycles. The molecule has 2 atom stereocenters. The molecule has 1 aliphatic rings. The number of aromatic nitrogens is 1. The number of fused-ring (bicyclic) bond motifs is 1. The van der Waals surface area contributed by atoms with E-state index in [-0.39, 0.29) is 0 Å². The monoisotopic (exact) mass is 231 g/mol. The lowest BCUT2D eigenvalue weighted by molar-refractivity contribution is 0.727. The minimum atomic E-state index is 0.351. The zero-order valence-corrected chi connectivity index (χ0v) is 9.82. The highest BCUT2D eigenvalue weighted by Gasteiger charge is 2.25. The molecule has 0 saturated heterocycles. The standard InChI is InChI=1S/C14H14ClN/c15-12-6-5-10(7-12)14-9-16-8-11-3-1-2-4-13(11)14/h1-4,8-10,12H,5-7H2. The number of rotatable bonds is 1. The number of alkyl halides is 1. The Kier molecular flexibility index (Phi) is 2.56. The Morgan fingerprint density at radius 1 is 1.12 bits per heavy atom. The summed E-state index contributed by atoms with van der Waals surface area (Å²) in [5.41, 5.74) is 1.38. The van der Waals surface area contributed by atoms with E-state index in [1.165, 1.54) is 22.8 Å². The van der Waals surface area contributed by atoms with Gasteiger partial charge < -0.3 is 0 Å². The highest BCUT2D eigenvalue weighted by Crippen LogP contribution is 2.39. The molecule has 1 fully saturated rings. The number of halogens is 1. The van der Waals surface area contributed by atoms with Crippen molar-refractivity contribution in [3.05, 3.63) is 42.2 Å². The normalized spacial score (nSPS) is 25.1. The molecule has 2 heteroatoms. The molecule has 0 spiro atoms. The predicted molar refractivity (Wildman–Crippen MR) is 68.0 cm³/mol. The van der Waals surface area contributed by atoms with E-state index in [1.54, 1.807) is 0 Å². The minimum Gasteiger partial charge on any atom is -0.264 e. The third kappa shape index (κ3) is 1.69. The predicted octanol–water partition coefficient (Wildman–Crippen LogP) is 4.11. The highest BCUT2D eigenvalue weighted by atomic mass is 35.5. The molecule has 0 radical (unpaired) electrons. The second-order valence-corrected chi connectivity index (χ2v) is 5.17. The average Bonchev–Trinajstić information content (AvgIpc) is 2.75. The molecule has 16 heavy (non-hydrogen) atoms. The van der Waals surface area contributed by atoms with Crippen LogP contribution in [0.25, 0.3) is 10.8 Å². The first-order chi connectivity index (χ1) is 7.84. The van der Waals surface area contributed by atoms with E-state index >= 15 is 0 Å². The van der Waals surface area contributed by atoms with Crippen molar-refractivity contribution in [1.82, 2.24) is 4.98 Å². The largest absolute Gasteiger partial charge is 0.264 e. The van der Waals surface area contributed by atoms with E-state index in [4.69, 9.17) is 11.6 Å². The summed E-state index contributed by atoms with van der Waals surface area (Å²) in [5.74, 6) is 0.598. The summed E-state index contributed by atoms with van der Waals surface area (Å²) in [6, 6.07) is 8.47. The van der Waals surface area contributed by atoms with Crippen molar-refractivity contribution in [3.8, 4) is 0 Å². The molecule has 0 amide bonds. The maximum atomic E-state index is 6.19. The van der Waals surface area contributed by atoms with Gasteiger partial charge in [-0.25, -0.2) is 0 Å². The second kappa shape index (κ2) is 4.06. The zero-order valence-electron chi connectivity index (χ0n) is 9.07. The fourth-order valence-electron chi connectivity index (χ4n) is 2.67. The summed E-state index contributed by atoms with van der Waals surface area (Å²) in [4.78, 5) is 4.34. The summed E-state index contributed by atoms with van der Waals surface area (Å²) in [6.07, 6.45) is 7.38. The van der Waals surface area contributed by atoms with Crippen LogP contribution in [0.15, 0.2) is 36.7 Å². The number of hydrogen-bond acceptors (Lipinski definition) is 1. The summed E-state index contributed by atoms with van der Waals surface area (Å²) < 4.78 is 0. The fraction of sp³-hybridized carbons (Fsp3) is 0.357. The Labute approximate surface area is 100 Å². The number of benzene rings is 1. The van der Waals surface area contributed by atoms with Crippen molar-refractivity contribution in [2.75, 3.05) is 0 Å². The molecule has 0 N–H and O–H groups in total. The van der Waals surface area contributed by atoms with Crippen LogP contribution >= 0.6 is 11.6 Å². The number of pyridine rings is 1. The first-order valence-electron chi connectivity index (χ1n) is 5.81. The molecule has 0 aliphatic heterocycles. The molecule has 0 bridgehead atoms. The summed E-state index contributed by atoms with van der Waals surface area (Å²) in [6.45, 7) is 0. The van der Waals surface area contributed by atoms with Gasteiger partial charge >= 0.3 is 0 Å². The van der Waals surface area contributed by atoms with E-state index < -0.39 is 0 Å². The molecule has 3 rings (SSSR count). The molecular weight excluding hydrogens is 218 g/mol. The van der Waals surface area contributed by atoms with Crippen LogP contribution < -0.4 is 0 Å². The maximum absolute atomic E-state index is 6.19. The first kappa shape index (κ1) is 10.1. The van der Waals surface area contributed by atoms with Crippen LogP contribution in [-0.4, -0.2) is 10.4 Å². The van der Waals surface area contributed by atoms with Gasteiger partial charge in [-0.1, -0.05) is 24.3 Å². The van der Waals surface area contributed by atoms with Gasteiger partial charge in [0.25, 0.3) is 0 Å². The van der Waals surface area contributed by atoms with E-state index in [0.29, 0.717) is 11.3 Å². The van der Waals surface area contributed by atoms with Gasteiger partial charge in [-0.2, -0.15) is 0 Å². The molecule has 1 aliphatic carbocycles. The summed E-state index contributed by atoms with van der Waals surface area (Å²) in [7, 11) is 0. The smallest absolute Gasteiger partial charge is 0.0346 e. The van der Waals surface area contributed by atoms with Crippen molar-refractivity contribution >= 4 is 22.4 Å². The van der Waals surface area contributed by atoms with Crippen LogP contribution in [0.4, 0.5) is 0 Å². The lowest BCUT2D eigenvalue weighted by Crippen LogP contribution is -1.96. The van der Waals surface area contributed by atoms with Crippen molar-refractivity contribution in [2.24, 2.45) is 0 Å². The van der Waals surface area contributed by atoms with Crippen molar-refractivity contribution in [2.45, 2.75) is 30.6 Å². The molecule has 1 nitrogen and oxygen atoms in total. The van der Waals surface area contributed by atoms with Crippen molar-refractivity contribution < 1.29 is 0 Å². The first-order valence-corrected chi connectivity index (χ1v) is 6.25. The van der Waals surface area contributed by atoms with E-state index in [2.05, 4.69) is 29.2 Å². The van der Waals surface area contributed by atoms with Gasteiger partial charge in [-0.3, -0.25) is 4.98 Å². The van der Waals surface area contributed by atoms with Crippen LogP contribution in [0.1, 0.15) is 30.7 Å². The topological polar surface area (TPSA) is 12.9 Å². The van der Waals surface area contributed by atoms with E-state index in [1.807, 2.05) is 12.4 Å². The summed E-state index contributed by atoms with van der Waals surface area (Å²) >= 11 is 6.19. The zero-order chi connectivity index (χ0) is 11.0. The third-order valence-electron chi connectivity index (χ3n) is 3.51. The van der Waals surface area contributed by atoms with E-state index in [0.717, 1.165) is 12.8 Å². The molecule has 82 valence electrons. The van der Waals surface area contributed by atoms with Gasteiger partial charge in [0.05, 0.1) is 0 Å². The van der Waals surface area contributed by atoms with Gasteiger partial charge in [-0.05, 0) is 36.1 Å². The van der Waals surface area contributed by atoms with Crippen LogP contribution in [0.2, 0.25) is 0 Å². The van der Waals surface area contributed by atoms with Crippen molar-refractivity contribution in [1.29, 1.82) is 0 Å². The lowest BCUT2D eigenvalue weighted by atomic mass is 9.94. The Bertz CT molecular complexity index is 504. The fourth-order valence-corrected chi connectivity index (χ4v) is 3.02. The quantitative estimate of drug-likeness (QED) is 0.673. The Morgan fingerprint density at radius 2 is 2.00 bits per heavy atom. The Hall–Kier alpha value is -1.08. The van der Waals surface area contributed by atoms with Crippen LogP contribution in [0, 0.1) is 0 Å². The van der Waals surface area contributed by atoms with Gasteiger partial charge in [0.15, 0.2) is 0 Å². The second-order valence-electron chi connectivity index (χ2n) is 4.56. The van der Waals surface area contributed by atoms with Crippen LogP contribution in [-0.2, 0) is 0 Å². The van der Waals surface area contributed by atoms with Gasteiger partial charge in [0, 0.05) is 23.2 Å². The molecule has 2 aromatic rings. The Morgan fingerprint density at radius 3 is 2.81 bits per heavy atom. The lowest BCUT2D eigenvalue weighted by Gasteiger charge is -2.12. The van der Waals surface area contributed by atoms with Crippen LogP contribution in [0.5, 0.6) is 0 Å². The minimum absolute atomic E-state index is 0.351. The molecule has 1 aromatic heterocycles. The molecule has 2 unspecified atom stereocenters. The SMILES string of the molecule is ClC1CCC(c2cncc3ccccc23)C1. The van der Waals surface area contributed by atoms with Gasteiger partial charge in [0.2, 0.25) is 0 Å².